The van der Waals surface area contributed by atoms with Crippen molar-refractivity contribution in [2.45, 2.75) is 82.1 Å². The molecule has 3 aliphatic rings. The third kappa shape index (κ3) is 5.36. The van der Waals surface area contributed by atoms with Gasteiger partial charge in [-0.2, -0.15) is 13.2 Å². The molecule has 2 aliphatic carbocycles. The summed E-state index contributed by atoms with van der Waals surface area (Å²) < 4.78 is 45.6. The molecule has 8 rings (SSSR count). The standard InChI is InChI=1S/C38H37F3N6O/c1-36(11-5-12-36)42-21-24-15-29-30(31(16-24)38(39,40)41)22-47(35(29)48)33-19-28(37(13-6-14-37)20-34-45-43-23-46(34)2)18-32(44-33)27-10-9-25-7-3-4-8-26(25)17-27/h3-4,7-10,15-19,23,42H,5-6,11-14,20-22H2,1-2H3. The molecule has 7 nitrogen and oxygen atoms in total. The first kappa shape index (κ1) is 30.7. The van der Waals surface area contributed by atoms with Gasteiger partial charge in [0, 0.05) is 42.1 Å². The molecule has 1 N–H and O–H groups in total. The largest absolute Gasteiger partial charge is 0.416 e. The number of alkyl halides is 3. The number of nitrogens with zero attached hydrogens (tertiary/aromatic N) is 5. The number of fused-ring (bicyclic) bond motifs is 2. The van der Waals surface area contributed by atoms with Gasteiger partial charge in [-0.05, 0) is 96.8 Å². The van der Waals surface area contributed by atoms with Crippen LogP contribution in [0.3, 0.4) is 0 Å². The molecule has 5 aromatic rings. The van der Waals surface area contributed by atoms with Crippen molar-refractivity contribution in [2.24, 2.45) is 7.05 Å². The lowest BCUT2D eigenvalue weighted by molar-refractivity contribution is -0.138. The maximum atomic E-state index is 14.6. The molecule has 0 bridgehead atoms. The highest BCUT2D eigenvalue weighted by atomic mass is 19.4. The lowest BCUT2D eigenvalue weighted by Crippen LogP contribution is -2.47. The van der Waals surface area contributed by atoms with Crippen LogP contribution in [-0.2, 0) is 38.1 Å². The molecule has 1 amide bonds. The van der Waals surface area contributed by atoms with Crippen LogP contribution >= 0.6 is 0 Å². The van der Waals surface area contributed by atoms with E-state index in [1.165, 1.54) is 11.0 Å². The maximum absolute atomic E-state index is 14.6. The molecular formula is C38H37F3N6O. The maximum Gasteiger partial charge on any atom is 0.416 e. The van der Waals surface area contributed by atoms with Crippen LogP contribution < -0.4 is 10.2 Å². The molecule has 48 heavy (non-hydrogen) atoms. The van der Waals surface area contributed by atoms with E-state index in [1.54, 1.807) is 12.4 Å². The minimum absolute atomic E-state index is 0.00278. The van der Waals surface area contributed by atoms with Crippen LogP contribution in [0.15, 0.2) is 73.1 Å². The van der Waals surface area contributed by atoms with Crippen LogP contribution in [0.1, 0.15) is 83.9 Å². The molecule has 0 radical (unpaired) electrons. The monoisotopic (exact) mass is 650 g/mol. The molecule has 3 heterocycles. The van der Waals surface area contributed by atoms with Crippen LogP contribution in [0.5, 0.6) is 0 Å². The zero-order valence-corrected chi connectivity index (χ0v) is 27.1. The molecule has 1 aliphatic heterocycles. The lowest BCUT2D eigenvalue weighted by Gasteiger charge is -2.42. The number of anilines is 1. The summed E-state index contributed by atoms with van der Waals surface area (Å²) in [6.45, 7) is 2.16. The van der Waals surface area contributed by atoms with Crippen LogP contribution in [0, 0.1) is 0 Å². The van der Waals surface area contributed by atoms with Gasteiger partial charge in [-0.25, -0.2) is 4.98 Å². The zero-order chi connectivity index (χ0) is 33.3. The number of hydrogen-bond acceptors (Lipinski definition) is 5. The van der Waals surface area contributed by atoms with Crippen molar-refractivity contribution >= 4 is 22.5 Å². The van der Waals surface area contributed by atoms with E-state index >= 15 is 0 Å². The fourth-order valence-electron chi connectivity index (χ4n) is 7.61. The smallest absolute Gasteiger partial charge is 0.321 e. The summed E-state index contributed by atoms with van der Waals surface area (Å²) in [6.07, 6.45) is 3.69. The van der Waals surface area contributed by atoms with E-state index in [1.807, 2.05) is 54.1 Å². The molecule has 0 spiro atoms. The number of hydrogen-bond donors (Lipinski definition) is 1. The Morgan fingerprint density at radius 2 is 1.71 bits per heavy atom. The third-order valence-electron chi connectivity index (χ3n) is 10.9. The van der Waals surface area contributed by atoms with Crippen molar-refractivity contribution in [1.82, 2.24) is 25.1 Å². The molecule has 2 saturated carbocycles. The third-order valence-corrected chi connectivity index (χ3v) is 10.9. The number of carbonyl (C=O) groups is 1. The first-order valence-electron chi connectivity index (χ1n) is 16.6. The average Bonchev–Trinajstić information content (AvgIpc) is 3.61. The van der Waals surface area contributed by atoms with Gasteiger partial charge in [0.25, 0.3) is 5.91 Å². The quantitative estimate of drug-likeness (QED) is 0.185. The molecule has 0 atom stereocenters. The van der Waals surface area contributed by atoms with Gasteiger partial charge in [0.05, 0.1) is 17.8 Å². The topological polar surface area (TPSA) is 75.9 Å². The van der Waals surface area contributed by atoms with Gasteiger partial charge in [-0.1, -0.05) is 42.8 Å². The van der Waals surface area contributed by atoms with Gasteiger partial charge in [-0.15, -0.1) is 10.2 Å². The molecular weight excluding hydrogens is 613 g/mol. The Hall–Kier alpha value is -4.57. The Balaban J connectivity index is 1.22. The van der Waals surface area contributed by atoms with Gasteiger partial charge >= 0.3 is 6.18 Å². The zero-order valence-electron chi connectivity index (χ0n) is 27.1. The second-order valence-electron chi connectivity index (χ2n) is 14.2. The highest BCUT2D eigenvalue weighted by Gasteiger charge is 2.43. The number of nitrogens with one attached hydrogen (secondary N) is 1. The van der Waals surface area contributed by atoms with E-state index in [4.69, 9.17) is 4.98 Å². The fraction of sp³-hybridized carbons (Fsp3) is 0.368. The van der Waals surface area contributed by atoms with Crippen molar-refractivity contribution in [3.63, 3.8) is 0 Å². The minimum atomic E-state index is -4.60. The summed E-state index contributed by atoms with van der Waals surface area (Å²) in [5.74, 6) is 0.754. The van der Waals surface area contributed by atoms with Crippen LogP contribution in [-0.4, -0.2) is 31.2 Å². The number of rotatable bonds is 8. The Labute approximate surface area is 277 Å². The van der Waals surface area contributed by atoms with Crippen molar-refractivity contribution in [3.05, 3.63) is 107 Å². The summed E-state index contributed by atoms with van der Waals surface area (Å²) in [6, 6.07) is 21.0. The van der Waals surface area contributed by atoms with E-state index in [0.29, 0.717) is 23.5 Å². The second-order valence-corrected chi connectivity index (χ2v) is 14.2. The molecule has 246 valence electrons. The van der Waals surface area contributed by atoms with Crippen molar-refractivity contribution in [2.75, 3.05) is 4.90 Å². The van der Waals surface area contributed by atoms with Crippen LogP contribution in [0.2, 0.25) is 0 Å². The van der Waals surface area contributed by atoms with Gasteiger partial charge in [0.2, 0.25) is 0 Å². The number of pyridine rings is 1. The molecule has 0 unspecified atom stereocenters. The van der Waals surface area contributed by atoms with Crippen LogP contribution in [0.25, 0.3) is 22.0 Å². The van der Waals surface area contributed by atoms with E-state index < -0.39 is 17.6 Å². The van der Waals surface area contributed by atoms with Gasteiger partial charge in [-0.3, -0.25) is 9.69 Å². The molecule has 2 fully saturated rings. The first-order chi connectivity index (χ1) is 23.0. The predicted molar refractivity (Wildman–Crippen MR) is 178 cm³/mol. The summed E-state index contributed by atoms with van der Waals surface area (Å²) in [5, 5.41) is 14.0. The number of aryl methyl sites for hydroxylation is 1. The molecule has 0 saturated heterocycles. The van der Waals surface area contributed by atoms with Crippen molar-refractivity contribution < 1.29 is 18.0 Å². The normalized spacial score (nSPS) is 18.1. The van der Waals surface area contributed by atoms with Gasteiger partial charge in [0.15, 0.2) is 0 Å². The molecule has 3 aromatic carbocycles. The predicted octanol–water partition coefficient (Wildman–Crippen LogP) is 7.91. The Morgan fingerprint density at radius 1 is 0.938 bits per heavy atom. The van der Waals surface area contributed by atoms with Crippen LogP contribution in [0.4, 0.5) is 19.0 Å². The number of benzene rings is 3. The average molecular weight is 651 g/mol. The molecule has 10 heteroatoms. The number of carbonyl (C=O) groups excluding carboxylic acids is 1. The summed E-state index contributed by atoms with van der Waals surface area (Å²) in [5.41, 5.74) is 2.02. The minimum Gasteiger partial charge on any atom is -0.321 e. The number of amides is 1. The van der Waals surface area contributed by atoms with Crippen molar-refractivity contribution in [3.8, 4) is 11.3 Å². The summed E-state index contributed by atoms with van der Waals surface area (Å²) >= 11 is 0. The fourth-order valence-corrected chi connectivity index (χ4v) is 7.61. The van der Waals surface area contributed by atoms with E-state index in [9.17, 15) is 18.0 Å². The van der Waals surface area contributed by atoms with E-state index in [0.717, 1.165) is 66.2 Å². The molecule has 2 aromatic heterocycles. The Morgan fingerprint density at radius 3 is 2.38 bits per heavy atom. The summed E-state index contributed by atoms with van der Waals surface area (Å²) in [4.78, 5) is 20.6. The lowest BCUT2D eigenvalue weighted by atomic mass is 9.62. The SMILES string of the molecule is Cn1cnnc1CC1(c2cc(-c3ccc4ccccc4c3)nc(N3Cc4c(cc(CNC5(C)CCC5)cc4C(F)(F)F)C3=O)c2)CCC1. The number of halogens is 3. The van der Waals surface area contributed by atoms with Crippen molar-refractivity contribution in [1.29, 1.82) is 0 Å². The van der Waals surface area contributed by atoms with E-state index in [-0.39, 0.29) is 35.2 Å². The second kappa shape index (κ2) is 11.3. The Bertz CT molecular complexity index is 2060. The summed E-state index contributed by atoms with van der Waals surface area (Å²) in [7, 11) is 1.93. The van der Waals surface area contributed by atoms with E-state index in [2.05, 4.69) is 34.6 Å². The number of aromatic nitrogens is 4. The Kier molecular flexibility index (Phi) is 7.21. The van der Waals surface area contributed by atoms with Gasteiger partial charge in [0.1, 0.15) is 18.0 Å². The first-order valence-corrected chi connectivity index (χ1v) is 16.6. The van der Waals surface area contributed by atoms with Gasteiger partial charge < -0.3 is 9.88 Å². The highest BCUT2D eigenvalue weighted by Crippen LogP contribution is 2.48. The highest BCUT2D eigenvalue weighted by molar-refractivity contribution is 6.10.